The van der Waals surface area contributed by atoms with Gasteiger partial charge in [-0.1, -0.05) is 42.5 Å². The fourth-order valence-electron chi connectivity index (χ4n) is 4.89. The lowest BCUT2D eigenvalue weighted by Gasteiger charge is -2.37. The third kappa shape index (κ3) is 5.61. The van der Waals surface area contributed by atoms with Crippen LogP contribution in [0.4, 0.5) is 18.0 Å². The summed E-state index contributed by atoms with van der Waals surface area (Å²) in [7, 11) is 0. The van der Waals surface area contributed by atoms with Gasteiger partial charge in [0.15, 0.2) is 0 Å². The number of likely N-dealkylation sites (tertiary alicyclic amines) is 1. The molecule has 184 valence electrons. The maximum Gasteiger partial charge on any atom is 0.490 e. The second-order valence-electron chi connectivity index (χ2n) is 8.86. The largest absolute Gasteiger partial charge is 0.490 e. The van der Waals surface area contributed by atoms with E-state index in [9.17, 15) is 18.0 Å². The number of nitrogens with zero attached hydrogens (tertiary/aromatic N) is 2. The number of carboxylic acid groups (broad SMARTS) is 1. The van der Waals surface area contributed by atoms with E-state index in [1.807, 2.05) is 4.90 Å². The van der Waals surface area contributed by atoms with Crippen molar-refractivity contribution in [2.75, 3.05) is 32.7 Å². The molecule has 5 rings (SSSR count). The summed E-state index contributed by atoms with van der Waals surface area (Å²) in [5, 5.41) is 13.1. The summed E-state index contributed by atoms with van der Waals surface area (Å²) in [6, 6.07) is 15.9. The number of carboxylic acids is 1. The quantitative estimate of drug-likeness (QED) is 0.701. The van der Waals surface area contributed by atoms with Crippen LogP contribution >= 0.6 is 0 Å². The zero-order chi connectivity index (χ0) is 24.3. The van der Waals surface area contributed by atoms with Crippen molar-refractivity contribution in [2.24, 2.45) is 0 Å². The first-order chi connectivity index (χ1) is 16.2. The van der Waals surface area contributed by atoms with Gasteiger partial charge < -0.3 is 20.1 Å². The minimum atomic E-state index is -5.08. The van der Waals surface area contributed by atoms with E-state index in [0.29, 0.717) is 6.04 Å². The van der Waals surface area contributed by atoms with Crippen molar-refractivity contribution in [2.45, 2.75) is 43.6 Å². The van der Waals surface area contributed by atoms with E-state index in [-0.39, 0.29) is 18.2 Å². The number of fused-ring (bicyclic) bond motifs is 2. The Hall–Kier alpha value is -2.85. The summed E-state index contributed by atoms with van der Waals surface area (Å²) < 4.78 is 37.3. The van der Waals surface area contributed by atoms with Crippen molar-refractivity contribution in [3.8, 4) is 0 Å². The number of alkyl halides is 3. The summed E-state index contributed by atoms with van der Waals surface area (Å²) in [6.07, 6.45) is -1.94. The molecule has 0 unspecified atom stereocenters. The molecule has 34 heavy (non-hydrogen) atoms. The van der Waals surface area contributed by atoms with Gasteiger partial charge in [-0.15, -0.1) is 0 Å². The molecule has 3 fully saturated rings. The predicted molar refractivity (Wildman–Crippen MR) is 120 cm³/mol. The molecule has 3 aliphatic heterocycles. The van der Waals surface area contributed by atoms with Gasteiger partial charge >= 0.3 is 18.2 Å². The fourth-order valence-corrected chi connectivity index (χ4v) is 4.89. The Bertz CT molecular complexity index is 1020. The Morgan fingerprint density at radius 2 is 1.76 bits per heavy atom. The zero-order valence-corrected chi connectivity index (χ0v) is 18.6. The minimum Gasteiger partial charge on any atom is -0.475 e. The van der Waals surface area contributed by atoms with E-state index >= 15 is 0 Å². The molecule has 0 saturated carbocycles. The van der Waals surface area contributed by atoms with Crippen LogP contribution in [-0.4, -0.2) is 84.1 Å². The van der Waals surface area contributed by atoms with Crippen molar-refractivity contribution in [1.82, 2.24) is 15.1 Å². The minimum absolute atomic E-state index is 0.0587. The number of aliphatic carboxylic acids is 1. The zero-order valence-electron chi connectivity index (χ0n) is 18.6. The number of hydrogen-bond acceptors (Lipinski definition) is 5. The highest BCUT2D eigenvalue weighted by Crippen LogP contribution is 2.29. The summed E-state index contributed by atoms with van der Waals surface area (Å²) in [4.78, 5) is 25.7. The number of rotatable bonds is 4. The third-order valence-corrected chi connectivity index (χ3v) is 6.67. The third-order valence-electron chi connectivity index (χ3n) is 6.67. The molecule has 0 radical (unpaired) electrons. The van der Waals surface area contributed by atoms with E-state index in [2.05, 4.69) is 52.7 Å². The number of carbonyl (C=O) groups is 2. The number of halogens is 3. The molecule has 0 bridgehead atoms. The second-order valence-corrected chi connectivity index (χ2v) is 8.86. The molecule has 2 atom stereocenters. The van der Waals surface area contributed by atoms with Crippen LogP contribution in [0.3, 0.4) is 0 Å². The average Bonchev–Trinajstić information content (AvgIpc) is 3.38. The van der Waals surface area contributed by atoms with Crippen molar-refractivity contribution < 1.29 is 32.6 Å². The molecular formula is C24H28F3N3O4. The molecule has 2 aromatic carbocycles. The molecule has 0 spiro atoms. The van der Waals surface area contributed by atoms with Crippen molar-refractivity contribution in [1.29, 1.82) is 0 Å². The van der Waals surface area contributed by atoms with Gasteiger partial charge in [0.2, 0.25) is 0 Å². The van der Waals surface area contributed by atoms with E-state index in [4.69, 9.17) is 14.6 Å². The Morgan fingerprint density at radius 3 is 2.44 bits per heavy atom. The Balaban J connectivity index is 0.000000344. The molecule has 3 saturated heterocycles. The van der Waals surface area contributed by atoms with Crippen LogP contribution in [-0.2, 0) is 16.0 Å². The maximum absolute atomic E-state index is 12.2. The number of piperidine rings is 1. The highest BCUT2D eigenvalue weighted by atomic mass is 19.4. The normalized spacial score (nSPS) is 23.4. The second kappa shape index (κ2) is 10.2. The van der Waals surface area contributed by atoms with Crippen LogP contribution in [0.5, 0.6) is 0 Å². The van der Waals surface area contributed by atoms with Gasteiger partial charge in [-0.3, -0.25) is 4.90 Å². The molecule has 2 N–H and O–H groups in total. The van der Waals surface area contributed by atoms with Gasteiger partial charge in [0.05, 0.1) is 6.04 Å². The molecule has 3 heterocycles. The highest BCUT2D eigenvalue weighted by molar-refractivity contribution is 5.83. The highest BCUT2D eigenvalue weighted by Gasteiger charge is 2.47. The van der Waals surface area contributed by atoms with Gasteiger partial charge in [0, 0.05) is 38.8 Å². The van der Waals surface area contributed by atoms with Crippen LogP contribution in [0.25, 0.3) is 10.8 Å². The Kier molecular flexibility index (Phi) is 7.27. The van der Waals surface area contributed by atoms with Crippen LogP contribution in [0.15, 0.2) is 42.5 Å². The van der Waals surface area contributed by atoms with Gasteiger partial charge in [-0.2, -0.15) is 13.2 Å². The topological polar surface area (TPSA) is 82.1 Å². The van der Waals surface area contributed by atoms with Crippen LogP contribution in [0.1, 0.15) is 18.4 Å². The van der Waals surface area contributed by atoms with E-state index in [0.717, 1.165) is 52.0 Å². The lowest BCUT2D eigenvalue weighted by atomic mass is 10.00. The predicted octanol–water partition coefficient (Wildman–Crippen LogP) is 3.27. The van der Waals surface area contributed by atoms with Crippen molar-refractivity contribution in [3.05, 3.63) is 48.0 Å². The first kappa shape index (κ1) is 24.3. The summed E-state index contributed by atoms with van der Waals surface area (Å²) in [5.74, 6) is -2.76. The SMILES string of the molecule is O=C(O)C(F)(F)F.O=C1O[C@@H]2CNC[C@@H]2N1C1CCN(CCc2ccc3ccccc3c2)CC1. The van der Waals surface area contributed by atoms with Gasteiger partial charge in [-0.05, 0) is 35.6 Å². The lowest BCUT2D eigenvalue weighted by Crippen LogP contribution is -2.50. The number of nitrogens with one attached hydrogen (secondary N) is 1. The van der Waals surface area contributed by atoms with Crippen molar-refractivity contribution in [3.63, 3.8) is 0 Å². The molecule has 1 amide bonds. The number of carbonyl (C=O) groups excluding carboxylic acids is 1. The molecule has 7 nitrogen and oxygen atoms in total. The van der Waals surface area contributed by atoms with E-state index in [1.165, 1.54) is 16.3 Å². The number of hydrogen-bond donors (Lipinski definition) is 2. The Labute approximate surface area is 195 Å². The first-order valence-corrected chi connectivity index (χ1v) is 11.4. The molecule has 2 aromatic rings. The van der Waals surface area contributed by atoms with Crippen LogP contribution in [0.2, 0.25) is 0 Å². The van der Waals surface area contributed by atoms with Crippen LogP contribution < -0.4 is 5.32 Å². The Morgan fingerprint density at radius 1 is 1.09 bits per heavy atom. The molecule has 0 aromatic heterocycles. The fraction of sp³-hybridized carbons (Fsp3) is 0.500. The number of ether oxygens (including phenoxy) is 1. The number of amides is 1. The molecule has 3 aliphatic rings. The monoisotopic (exact) mass is 479 g/mol. The van der Waals surface area contributed by atoms with E-state index < -0.39 is 12.1 Å². The summed E-state index contributed by atoms with van der Waals surface area (Å²) in [6.45, 7) is 4.89. The lowest BCUT2D eigenvalue weighted by molar-refractivity contribution is -0.192. The van der Waals surface area contributed by atoms with Gasteiger partial charge in [-0.25, -0.2) is 9.59 Å². The summed E-state index contributed by atoms with van der Waals surface area (Å²) in [5.41, 5.74) is 1.40. The van der Waals surface area contributed by atoms with Gasteiger partial charge in [0.1, 0.15) is 6.10 Å². The smallest absolute Gasteiger partial charge is 0.475 e. The van der Waals surface area contributed by atoms with E-state index in [1.54, 1.807) is 0 Å². The molecule has 0 aliphatic carbocycles. The summed E-state index contributed by atoms with van der Waals surface area (Å²) >= 11 is 0. The number of benzene rings is 2. The van der Waals surface area contributed by atoms with Crippen molar-refractivity contribution >= 4 is 22.8 Å². The molecular weight excluding hydrogens is 451 g/mol. The average molecular weight is 479 g/mol. The van der Waals surface area contributed by atoms with Crippen LogP contribution in [0, 0.1) is 0 Å². The standard InChI is InChI=1S/C22H27N3O2.C2HF3O2/c26-22-25(20-14-23-15-21(20)27-22)19-8-11-24(12-9-19)10-7-16-5-6-17-3-1-2-4-18(17)13-16;3-2(4,5)1(6)7/h1-6,13,19-21,23H,7-12,14-15H2;(H,6,7)/t20-,21+;/m0./s1. The first-order valence-electron chi connectivity index (χ1n) is 11.4. The van der Waals surface area contributed by atoms with Gasteiger partial charge in [0.25, 0.3) is 0 Å². The molecule has 10 heteroatoms. The maximum atomic E-state index is 12.2.